The summed E-state index contributed by atoms with van der Waals surface area (Å²) in [6, 6.07) is 12.5. The average molecular weight is 266 g/mol. The number of benzene rings is 2. The van der Waals surface area contributed by atoms with Gasteiger partial charge < -0.3 is 10.1 Å². The zero-order chi connectivity index (χ0) is 14.1. The zero-order valence-electron chi connectivity index (χ0n) is 11.1. The molecule has 0 fully saturated rings. The summed E-state index contributed by atoms with van der Waals surface area (Å²) in [6.07, 6.45) is 1.58. The van der Waals surface area contributed by atoms with E-state index in [1.807, 2.05) is 6.07 Å². The molecule has 4 heteroatoms. The van der Waals surface area contributed by atoms with Gasteiger partial charge in [0.2, 0.25) is 0 Å². The summed E-state index contributed by atoms with van der Waals surface area (Å²) >= 11 is 0. The molecule has 1 aromatic heterocycles. The van der Waals surface area contributed by atoms with Crippen LogP contribution in [0.4, 0.5) is 0 Å². The van der Waals surface area contributed by atoms with E-state index in [1.54, 1.807) is 6.20 Å². The molecule has 3 rings (SSSR count). The maximum atomic E-state index is 10.7. The molecule has 0 radical (unpaired) electrons. The van der Waals surface area contributed by atoms with Crippen LogP contribution in [0.15, 0.2) is 42.6 Å². The molecular weight excluding hydrogens is 252 g/mol. The second-order valence-corrected chi connectivity index (χ2v) is 4.88. The van der Waals surface area contributed by atoms with Crippen LogP contribution in [0.3, 0.4) is 0 Å². The lowest BCUT2D eigenvalue weighted by molar-refractivity contribution is -0.136. The Morgan fingerprint density at radius 1 is 1.20 bits per heavy atom. The van der Waals surface area contributed by atoms with E-state index in [2.05, 4.69) is 47.2 Å². The monoisotopic (exact) mass is 266 g/mol. The molecule has 0 bridgehead atoms. The number of carboxylic acid groups (broad SMARTS) is 1. The molecule has 0 spiro atoms. The van der Waals surface area contributed by atoms with Gasteiger partial charge in [-0.2, -0.15) is 0 Å². The number of carboxylic acids is 1. The fourth-order valence-corrected chi connectivity index (χ4v) is 2.27. The van der Waals surface area contributed by atoms with Gasteiger partial charge in [0.05, 0.1) is 11.9 Å². The first-order valence-corrected chi connectivity index (χ1v) is 6.38. The molecule has 0 aliphatic heterocycles. The third-order valence-electron chi connectivity index (χ3n) is 3.25. The minimum absolute atomic E-state index is 0.0905. The van der Waals surface area contributed by atoms with Crippen molar-refractivity contribution in [2.45, 2.75) is 13.3 Å². The van der Waals surface area contributed by atoms with Crippen molar-refractivity contribution in [1.29, 1.82) is 0 Å². The van der Waals surface area contributed by atoms with Gasteiger partial charge in [-0.15, -0.1) is 0 Å². The number of aliphatic carboxylic acids is 1. The zero-order valence-corrected chi connectivity index (χ0v) is 11.1. The Morgan fingerprint density at radius 2 is 1.95 bits per heavy atom. The van der Waals surface area contributed by atoms with Crippen LogP contribution < -0.4 is 0 Å². The molecule has 2 N–H and O–H groups in total. The third kappa shape index (κ3) is 2.40. The van der Waals surface area contributed by atoms with E-state index in [0.717, 1.165) is 16.6 Å². The van der Waals surface area contributed by atoms with Crippen LogP contribution in [0, 0.1) is 6.92 Å². The maximum absolute atomic E-state index is 10.7. The second-order valence-electron chi connectivity index (χ2n) is 4.88. The van der Waals surface area contributed by atoms with Gasteiger partial charge in [0.15, 0.2) is 0 Å². The van der Waals surface area contributed by atoms with Gasteiger partial charge in [0.25, 0.3) is 0 Å². The largest absolute Gasteiger partial charge is 0.481 e. The van der Waals surface area contributed by atoms with E-state index < -0.39 is 5.97 Å². The van der Waals surface area contributed by atoms with Crippen LogP contribution in [0.1, 0.15) is 11.4 Å². The lowest BCUT2D eigenvalue weighted by Crippen LogP contribution is -2.01. The Hall–Kier alpha value is -2.62. The van der Waals surface area contributed by atoms with Crippen molar-refractivity contribution in [3.63, 3.8) is 0 Å². The molecule has 3 aromatic rings. The number of rotatable bonds is 3. The van der Waals surface area contributed by atoms with E-state index >= 15 is 0 Å². The molecular formula is C16H14N2O2. The number of imidazole rings is 1. The molecule has 1 heterocycles. The number of aryl methyl sites for hydroxylation is 1. The highest BCUT2D eigenvalue weighted by atomic mass is 16.4. The number of nitrogens with zero attached hydrogens (tertiary/aromatic N) is 1. The van der Waals surface area contributed by atoms with E-state index in [4.69, 9.17) is 5.11 Å². The molecule has 0 saturated heterocycles. The van der Waals surface area contributed by atoms with Gasteiger partial charge in [-0.3, -0.25) is 4.79 Å². The molecule has 20 heavy (non-hydrogen) atoms. The number of hydrogen-bond donors (Lipinski definition) is 2. The molecule has 0 saturated carbocycles. The van der Waals surface area contributed by atoms with Crippen molar-refractivity contribution >= 4 is 16.7 Å². The third-order valence-corrected chi connectivity index (χ3v) is 3.25. The smallest absolute Gasteiger partial charge is 0.311 e. The highest BCUT2D eigenvalue weighted by Crippen LogP contribution is 2.24. The van der Waals surface area contributed by atoms with Crippen LogP contribution in [-0.4, -0.2) is 21.0 Å². The Balaban J connectivity index is 1.99. The van der Waals surface area contributed by atoms with Gasteiger partial charge in [-0.05, 0) is 23.8 Å². The van der Waals surface area contributed by atoms with Gasteiger partial charge in [-0.1, -0.05) is 35.9 Å². The predicted molar refractivity (Wildman–Crippen MR) is 77.6 cm³/mol. The highest BCUT2D eigenvalue weighted by molar-refractivity contribution is 5.87. The summed E-state index contributed by atoms with van der Waals surface area (Å²) in [5.74, 6) is -0.420. The summed E-state index contributed by atoms with van der Waals surface area (Å²) in [6.45, 7) is 2.07. The van der Waals surface area contributed by atoms with Crippen LogP contribution in [-0.2, 0) is 11.2 Å². The van der Waals surface area contributed by atoms with Crippen molar-refractivity contribution in [3.05, 3.63) is 54.0 Å². The number of aromatic nitrogens is 2. The normalized spacial score (nSPS) is 10.8. The summed E-state index contributed by atoms with van der Waals surface area (Å²) in [7, 11) is 0. The Bertz CT molecular complexity index is 790. The number of hydrogen-bond acceptors (Lipinski definition) is 2. The second kappa shape index (κ2) is 4.81. The quantitative estimate of drug-likeness (QED) is 0.765. The van der Waals surface area contributed by atoms with Gasteiger partial charge in [0.1, 0.15) is 12.2 Å². The first kappa shape index (κ1) is 12.4. The number of nitrogens with one attached hydrogen (secondary N) is 1. The Kier molecular flexibility index (Phi) is 2.99. The fourth-order valence-electron chi connectivity index (χ4n) is 2.27. The molecule has 0 aliphatic rings. The minimum Gasteiger partial charge on any atom is -0.481 e. The minimum atomic E-state index is -0.889. The topological polar surface area (TPSA) is 66.0 Å². The van der Waals surface area contributed by atoms with E-state index in [0.29, 0.717) is 5.82 Å². The van der Waals surface area contributed by atoms with Gasteiger partial charge in [-0.25, -0.2) is 4.98 Å². The number of carbonyl (C=O) groups is 1. The molecule has 2 aromatic carbocycles. The summed E-state index contributed by atoms with van der Waals surface area (Å²) in [5.41, 5.74) is 3.07. The first-order valence-electron chi connectivity index (χ1n) is 6.38. The molecule has 0 aliphatic carbocycles. The van der Waals surface area contributed by atoms with Crippen molar-refractivity contribution in [2.24, 2.45) is 0 Å². The predicted octanol–water partition coefficient (Wildman–Crippen LogP) is 3.17. The Labute approximate surface area is 116 Å². The van der Waals surface area contributed by atoms with Crippen LogP contribution in [0.2, 0.25) is 0 Å². The number of H-pyrrole nitrogens is 1. The molecule has 100 valence electrons. The Morgan fingerprint density at radius 3 is 2.75 bits per heavy atom. The van der Waals surface area contributed by atoms with Crippen LogP contribution in [0.5, 0.6) is 0 Å². The lowest BCUT2D eigenvalue weighted by Gasteiger charge is -2.03. The average Bonchev–Trinajstić information content (AvgIpc) is 2.85. The number of aromatic amines is 1. The van der Waals surface area contributed by atoms with Gasteiger partial charge in [0, 0.05) is 5.56 Å². The van der Waals surface area contributed by atoms with E-state index in [1.165, 1.54) is 10.9 Å². The summed E-state index contributed by atoms with van der Waals surface area (Å²) in [5, 5.41) is 11.1. The SMILES string of the molecule is Cc1ccc2cc(-c3cnc(CC(=O)O)[nH]3)ccc2c1. The van der Waals surface area contributed by atoms with Crippen molar-refractivity contribution in [2.75, 3.05) is 0 Å². The molecule has 0 unspecified atom stereocenters. The summed E-state index contributed by atoms with van der Waals surface area (Å²) < 4.78 is 0. The van der Waals surface area contributed by atoms with Crippen molar-refractivity contribution in [1.82, 2.24) is 9.97 Å². The van der Waals surface area contributed by atoms with Crippen LogP contribution >= 0.6 is 0 Å². The molecule has 0 atom stereocenters. The van der Waals surface area contributed by atoms with Crippen molar-refractivity contribution < 1.29 is 9.90 Å². The maximum Gasteiger partial charge on any atom is 0.311 e. The molecule has 4 nitrogen and oxygen atoms in total. The highest BCUT2D eigenvalue weighted by Gasteiger charge is 2.07. The molecule has 0 amide bonds. The standard InChI is InChI=1S/C16H14N2O2/c1-10-2-3-12-7-13(5-4-11(12)6-10)14-9-17-15(18-14)8-16(19)20/h2-7,9H,8H2,1H3,(H,17,18)(H,19,20). The fraction of sp³-hybridized carbons (Fsp3) is 0.125. The van der Waals surface area contributed by atoms with Gasteiger partial charge >= 0.3 is 5.97 Å². The summed E-state index contributed by atoms with van der Waals surface area (Å²) in [4.78, 5) is 17.8. The van der Waals surface area contributed by atoms with E-state index in [9.17, 15) is 4.79 Å². The lowest BCUT2D eigenvalue weighted by atomic mass is 10.0. The first-order chi connectivity index (χ1) is 9.61. The van der Waals surface area contributed by atoms with Crippen LogP contribution in [0.25, 0.3) is 22.0 Å². The van der Waals surface area contributed by atoms with E-state index in [-0.39, 0.29) is 6.42 Å². The number of fused-ring (bicyclic) bond motifs is 1. The van der Waals surface area contributed by atoms with Crippen molar-refractivity contribution in [3.8, 4) is 11.3 Å².